The average molecular weight is 352 g/mol. The first-order valence-corrected chi connectivity index (χ1v) is 9.22. The molecular formula is C21H24N2O3. The number of carbonyl (C=O) groups is 1. The van der Waals surface area contributed by atoms with Gasteiger partial charge in [-0.25, -0.2) is 0 Å². The standard InChI is InChI=1S/C21H24N2O3/c1-2-19(17-12-11-15-7-3-4-8-16(15)13-17)22-21(24)14-18-9-5-6-10-20(18)23(25)26/h5-6,9-13,19H,2-4,7-8,14H2,1H3,(H,22,24). The number of fused-ring (bicyclic) bond motifs is 1. The maximum Gasteiger partial charge on any atom is 0.273 e. The third kappa shape index (κ3) is 4.10. The van der Waals surface area contributed by atoms with Crippen molar-refractivity contribution in [1.82, 2.24) is 5.32 Å². The molecule has 0 spiro atoms. The number of para-hydroxylation sites is 1. The van der Waals surface area contributed by atoms with E-state index in [9.17, 15) is 14.9 Å². The lowest BCUT2D eigenvalue weighted by Crippen LogP contribution is -2.29. The molecule has 0 radical (unpaired) electrons. The van der Waals surface area contributed by atoms with Crippen molar-refractivity contribution in [1.29, 1.82) is 0 Å². The lowest BCUT2D eigenvalue weighted by molar-refractivity contribution is -0.385. The van der Waals surface area contributed by atoms with E-state index in [2.05, 4.69) is 23.5 Å². The quantitative estimate of drug-likeness (QED) is 0.623. The van der Waals surface area contributed by atoms with Crippen molar-refractivity contribution in [3.05, 3.63) is 74.8 Å². The van der Waals surface area contributed by atoms with Crippen molar-refractivity contribution in [2.75, 3.05) is 0 Å². The van der Waals surface area contributed by atoms with Gasteiger partial charge in [-0.1, -0.05) is 43.3 Å². The van der Waals surface area contributed by atoms with Gasteiger partial charge in [0.1, 0.15) is 0 Å². The van der Waals surface area contributed by atoms with Crippen molar-refractivity contribution in [3.63, 3.8) is 0 Å². The molecule has 3 rings (SSSR count). The number of benzene rings is 2. The second-order valence-electron chi connectivity index (χ2n) is 6.83. The van der Waals surface area contributed by atoms with Crippen LogP contribution >= 0.6 is 0 Å². The van der Waals surface area contributed by atoms with Crippen molar-refractivity contribution < 1.29 is 9.72 Å². The minimum atomic E-state index is -0.441. The highest BCUT2D eigenvalue weighted by molar-refractivity contribution is 5.80. The lowest BCUT2D eigenvalue weighted by atomic mass is 9.88. The summed E-state index contributed by atoms with van der Waals surface area (Å²) in [6, 6.07) is 12.8. The van der Waals surface area contributed by atoms with E-state index in [1.165, 1.54) is 30.0 Å². The molecule has 5 heteroatoms. The molecule has 0 fully saturated rings. The Balaban J connectivity index is 1.72. The van der Waals surface area contributed by atoms with Crippen LogP contribution in [0.1, 0.15) is 54.5 Å². The summed E-state index contributed by atoms with van der Waals surface area (Å²) in [5.74, 6) is -0.191. The Bertz CT molecular complexity index is 817. The minimum Gasteiger partial charge on any atom is -0.349 e. The molecule has 5 nitrogen and oxygen atoms in total. The molecule has 0 saturated carbocycles. The second kappa shape index (κ2) is 8.13. The first-order chi connectivity index (χ1) is 12.6. The lowest BCUT2D eigenvalue weighted by Gasteiger charge is -2.21. The van der Waals surface area contributed by atoms with Gasteiger partial charge in [-0.05, 0) is 48.8 Å². The molecule has 0 aromatic heterocycles. The van der Waals surface area contributed by atoms with Crippen LogP contribution in [0.4, 0.5) is 5.69 Å². The van der Waals surface area contributed by atoms with Gasteiger partial charge >= 0.3 is 0 Å². The molecule has 2 aromatic carbocycles. The summed E-state index contributed by atoms with van der Waals surface area (Å²) in [4.78, 5) is 23.2. The Morgan fingerprint density at radius 1 is 1.15 bits per heavy atom. The van der Waals surface area contributed by atoms with Gasteiger partial charge in [0.2, 0.25) is 5.91 Å². The van der Waals surface area contributed by atoms with E-state index < -0.39 is 4.92 Å². The summed E-state index contributed by atoms with van der Waals surface area (Å²) >= 11 is 0. The number of nitrogens with one attached hydrogen (secondary N) is 1. The number of nitrogens with zero attached hydrogens (tertiary/aromatic N) is 1. The van der Waals surface area contributed by atoms with E-state index in [4.69, 9.17) is 0 Å². The molecule has 1 unspecified atom stereocenters. The molecule has 136 valence electrons. The summed E-state index contributed by atoms with van der Waals surface area (Å²) in [6.45, 7) is 2.04. The summed E-state index contributed by atoms with van der Waals surface area (Å²) < 4.78 is 0. The van der Waals surface area contributed by atoms with Gasteiger partial charge in [0.05, 0.1) is 17.4 Å². The van der Waals surface area contributed by atoms with Crippen LogP contribution in [0.25, 0.3) is 0 Å². The van der Waals surface area contributed by atoms with Crippen LogP contribution in [0, 0.1) is 10.1 Å². The van der Waals surface area contributed by atoms with E-state index in [-0.39, 0.29) is 24.1 Å². The maximum atomic E-state index is 12.5. The predicted octanol–water partition coefficient (Wildman–Crippen LogP) is 4.28. The molecular weight excluding hydrogens is 328 g/mol. The molecule has 0 aliphatic heterocycles. The van der Waals surface area contributed by atoms with Crippen molar-refractivity contribution >= 4 is 11.6 Å². The number of hydrogen-bond donors (Lipinski definition) is 1. The molecule has 2 aromatic rings. The molecule has 1 N–H and O–H groups in total. The number of amides is 1. The average Bonchev–Trinajstić information content (AvgIpc) is 2.66. The third-order valence-electron chi connectivity index (χ3n) is 5.06. The SMILES string of the molecule is CCC(NC(=O)Cc1ccccc1[N+](=O)[O-])c1ccc2c(c1)CCCC2. The largest absolute Gasteiger partial charge is 0.349 e. The number of hydrogen-bond acceptors (Lipinski definition) is 3. The van der Waals surface area contributed by atoms with Crippen LogP contribution in [-0.4, -0.2) is 10.8 Å². The zero-order valence-electron chi connectivity index (χ0n) is 15.0. The smallest absolute Gasteiger partial charge is 0.273 e. The number of nitro groups is 1. The summed E-state index contributed by atoms with van der Waals surface area (Å²) in [5, 5.41) is 14.2. The van der Waals surface area contributed by atoms with Gasteiger partial charge in [0.25, 0.3) is 5.69 Å². The molecule has 1 aliphatic rings. The molecule has 0 heterocycles. The van der Waals surface area contributed by atoms with Gasteiger partial charge in [-0.15, -0.1) is 0 Å². The molecule has 26 heavy (non-hydrogen) atoms. The van der Waals surface area contributed by atoms with Crippen molar-refractivity contribution in [2.45, 2.75) is 51.5 Å². The Kier molecular flexibility index (Phi) is 5.66. The fraction of sp³-hybridized carbons (Fsp3) is 0.381. The van der Waals surface area contributed by atoms with Gasteiger partial charge < -0.3 is 5.32 Å². The Morgan fingerprint density at radius 2 is 1.88 bits per heavy atom. The Hall–Kier alpha value is -2.69. The van der Waals surface area contributed by atoms with E-state index in [0.29, 0.717) is 5.56 Å². The van der Waals surface area contributed by atoms with Crippen LogP contribution in [0.15, 0.2) is 42.5 Å². The zero-order valence-corrected chi connectivity index (χ0v) is 15.0. The van der Waals surface area contributed by atoms with Crippen LogP contribution in [0.3, 0.4) is 0 Å². The van der Waals surface area contributed by atoms with Crippen LogP contribution < -0.4 is 5.32 Å². The van der Waals surface area contributed by atoms with E-state index in [0.717, 1.165) is 24.8 Å². The minimum absolute atomic E-state index is 0.00974. The molecule has 0 saturated heterocycles. The first-order valence-electron chi connectivity index (χ1n) is 9.22. The topological polar surface area (TPSA) is 72.2 Å². The van der Waals surface area contributed by atoms with E-state index in [1.54, 1.807) is 18.2 Å². The number of carbonyl (C=O) groups excluding carboxylic acids is 1. The highest BCUT2D eigenvalue weighted by atomic mass is 16.6. The molecule has 1 amide bonds. The predicted molar refractivity (Wildman–Crippen MR) is 101 cm³/mol. The fourth-order valence-corrected chi connectivity index (χ4v) is 3.65. The number of aryl methyl sites for hydroxylation is 2. The van der Waals surface area contributed by atoms with Crippen molar-refractivity contribution in [2.24, 2.45) is 0 Å². The van der Waals surface area contributed by atoms with Crippen molar-refractivity contribution in [3.8, 4) is 0 Å². The molecule has 1 aliphatic carbocycles. The van der Waals surface area contributed by atoms with Gasteiger partial charge in [-0.3, -0.25) is 14.9 Å². The van der Waals surface area contributed by atoms with E-state index >= 15 is 0 Å². The highest BCUT2D eigenvalue weighted by Gasteiger charge is 2.19. The fourth-order valence-electron chi connectivity index (χ4n) is 3.65. The Labute approximate surface area is 153 Å². The zero-order chi connectivity index (χ0) is 18.5. The third-order valence-corrected chi connectivity index (χ3v) is 5.06. The monoisotopic (exact) mass is 352 g/mol. The van der Waals surface area contributed by atoms with Gasteiger partial charge in [-0.2, -0.15) is 0 Å². The van der Waals surface area contributed by atoms with E-state index in [1.807, 2.05) is 6.92 Å². The first kappa shape index (κ1) is 18.1. The number of rotatable bonds is 6. The maximum absolute atomic E-state index is 12.5. The summed E-state index contributed by atoms with van der Waals surface area (Å²) in [5.41, 5.74) is 4.35. The molecule has 1 atom stereocenters. The van der Waals surface area contributed by atoms with Gasteiger partial charge in [0.15, 0.2) is 0 Å². The highest BCUT2D eigenvalue weighted by Crippen LogP contribution is 2.26. The summed E-state index contributed by atoms with van der Waals surface area (Å²) in [6.07, 6.45) is 5.49. The van der Waals surface area contributed by atoms with Crippen LogP contribution in [0.5, 0.6) is 0 Å². The normalized spacial score (nSPS) is 14.3. The second-order valence-corrected chi connectivity index (χ2v) is 6.83. The van der Waals surface area contributed by atoms with Crippen LogP contribution in [0.2, 0.25) is 0 Å². The van der Waals surface area contributed by atoms with Gasteiger partial charge in [0, 0.05) is 11.6 Å². The number of nitro benzene ring substituents is 1. The molecule has 0 bridgehead atoms. The van der Waals surface area contributed by atoms with Crippen LogP contribution in [-0.2, 0) is 24.1 Å². The Morgan fingerprint density at radius 3 is 2.62 bits per heavy atom. The summed E-state index contributed by atoms with van der Waals surface area (Å²) in [7, 11) is 0.